The molecule has 0 unspecified atom stereocenters. The molecule has 0 radical (unpaired) electrons. The van der Waals surface area contributed by atoms with Gasteiger partial charge in [-0.3, -0.25) is 4.79 Å². The fourth-order valence-electron chi connectivity index (χ4n) is 5.76. The fraction of sp³-hybridized carbons (Fsp3) is 0.481. The molecule has 1 aliphatic carbocycles. The summed E-state index contributed by atoms with van der Waals surface area (Å²) in [6, 6.07) is 8.06. The molecule has 4 N–H and O–H groups in total. The minimum atomic E-state index is -1.05. The van der Waals surface area contributed by atoms with Crippen molar-refractivity contribution in [2.75, 3.05) is 45.8 Å². The first-order valence-electron chi connectivity index (χ1n) is 12.7. The molecule has 0 bridgehead atoms. The zero-order chi connectivity index (χ0) is 27.3. The Hall–Kier alpha value is -3.44. The van der Waals surface area contributed by atoms with Crippen LogP contribution in [0.2, 0.25) is 0 Å². The Bertz CT molecular complexity index is 1170. The molecule has 11 heteroatoms. The summed E-state index contributed by atoms with van der Waals surface area (Å²) in [6.07, 6.45) is 2.66. The number of ether oxygens (including phenoxy) is 2. The van der Waals surface area contributed by atoms with Crippen LogP contribution >= 0.6 is 0 Å². The van der Waals surface area contributed by atoms with E-state index in [-0.39, 0.29) is 42.2 Å². The Morgan fingerprint density at radius 3 is 2.58 bits per heavy atom. The third kappa shape index (κ3) is 5.68. The molecule has 3 amide bonds. The van der Waals surface area contributed by atoms with Crippen LogP contribution in [-0.2, 0) is 10.2 Å². The van der Waals surface area contributed by atoms with E-state index in [9.17, 15) is 18.4 Å². The van der Waals surface area contributed by atoms with Crippen molar-refractivity contribution < 1.29 is 33.0 Å². The van der Waals surface area contributed by atoms with E-state index in [1.54, 1.807) is 14.2 Å². The number of likely N-dealkylation sites (tertiary alicyclic amines) is 1. The number of urea groups is 1. The summed E-state index contributed by atoms with van der Waals surface area (Å²) >= 11 is 0. The summed E-state index contributed by atoms with van der Waals surface area (Å²) in [5.74, 6) is -0.881. The van der Waals surface area contributed by atoms with Gasteiger partial charge in [0.05, 0.1) is 27.4 Å². The highest BCUT2D eigenvalue weighted by atomic mass is 19.2. The summed E-state index contributed by atoms with van der Waals surface area (Å²) < 4.78 is 37.7. The summed E-state index contributed by atoms with van der Waals surface area (Å²) in [5, 5.41) is 17.5. The molecule has 2 aliphatic rings. The molecular formula is C27H34F2N4O5. The lowest BCUT2D eigenvalue weighted by molar-refractivity contribution is -0.132. The second kappa shape index (κ2) is 12.0. The van der Waals surface area contributed by atoms with Crippen molar-refractivity contribution in [3.05, 3.63) is 53.6 Å². The second-order valence-electron chi connectivity index (χ2n) is 9.68. The van der Waals surface area contributed by atoms with Gasteiger partial charge in [0, 0.05) is 42.3 Å². The number of hydrogen-bond donors (Lipinski definition) is 4. The van der Waals surface area contributed by atoms with Crippen molar-refractivity contribution >= 4 is 17.6 Å². The number of methoxy groups -OCH3 is 2. The molecule has 4 rings (SSSR count). The summed E-state index contributed by atoms with van der Waals surface area (Å²) in [4.78, 5) is 27.7. The van der Waals surface area contributed by atoms with Gasteiger partial charge in [-0.15, -0.1) is 0 Å². The predicted molar refractivity (Wildman–Crippen MR) is 137 cm³/mol. The monoisotopic (exact) mass is 532 g/mol. The highest BCUT2D eigenvalue weighted by molar-refractivity contribution is 5.89. The standard InChI is InChI=1S/C27H34F2N4O5/c1-37-22-6-3-17(13-23(22)38-2)27-8-7-19(32-26(36)31-18-4-5-20(28)21(29)14-18)15-24(27)33(11-9-27)25(35)16-30-10-12-34/h3-6,13-14,19,24,30,34H,7-12,15-16H2,1-2H3,(H2,31,32,36)/t19-,24+,27-/m0/s1. The Morgan fingerprint density at radius 2 is 1.87 bits per heavy atom. The number of fused-ring (bicyclic) bond motifs is 1. The van der Waals surface area contributed by atoms with Crippen molar-refractivity contribution in [3.8, 4) is 11.5 Å². The fourth-order valence-corrected chi connectivity index (χ4v) is 5.76. The van der Waals surface area contributed by atoms with Crippen LogP contribution in [0.15, 0.2) is 36.4 Å². The van der Waals surface area contributed by atoms with Crippen molar-refractivity contribution in [2.24, 2.45) is 0 Å². The first kappa shape index (κ1) is 27.6. The number of aliphatic hydroxyl groups is 1. The smallest absolute Gasteiger partial charge is 0.319 e. The molecule has 0 spiro atoms. The topological polar surface area (TPSA) is 112 Å². The van der Waals surface area contributed by atoms with Gasteiger partial charge in [0.2, 0.25) is 5.91 Å². The lowest BCUT2D eigenvalue weighted by Gasteiger charge is -2.45. The van der Waals surface area contributed by atoms with E-state index in [0.717, 1.165) is 30.5 Å². The van der Waals surface area contributed by atoms with Crippen LogP contribution in [0.1, 0.15) is 31.2 Å². The van der Waals surface area contributed by atoms with Crippen LogP contribution < -0.4 is 25.4 Å². The molecular weight excluding hydrogens is 498 g/mol. The van der Waals surface area contributed by atoms with Crippen LogP contribution in [0.5, 0.6) is 11.5 Å². The van der Waals surface area contributed by atoms with Crippen molar-refractivity contribution in [2.45, 2.75) is 43.2 Å². The van der Waals surface area contributed by atoms with Crippen molar-refractivity contribution in [3.63, 3.8) is 0 Å². The van der Waals surface area contributed by atoms with Gasteiger partial charge in [-0.2, -0.15) is 0 Å². The lowest BCUT2D eigenvalue weighted by atomic mass is 9.65. The van der Waals surface area contributed by atoms with Gasteiger partial charge in [-0.05, 0) is 55.5 Å². The highest BCUT2D eigenvalue weighted by Crippen LogP contribution is 2.50. The Kier molecular flexibility index (Phi) is 8.68. The SMILES string of the molecule is COc1ccc([C@@]23CC[C@H](NC(=O)Nc4ccc(F)c(F)c4)C[C@H]2N(C(=O)CNCCO)CC3)cc1OC. The van der Waals surface area contributed by atoms with Gasteiger partial charge < -0.3 is 35.4 Å². The quantitative estimate of drug-likeness (QED) is 0.370. The maximum Gasteiger partial charge on any atom is 0.319 e. The van der Waals surface area contributed by atoms with E-state index in [4.69, 9.17) is 14.6 Å². The number of aliphatic hydroxyl groups excluding tert-OH is 1. The third-order valence-electron chi connectivity index (χ3n) is 7.62. The van der Waals surface area contributed by atoms with Crippen molar-refractivity contribution in [1.82, 2.24) is 15.5 Å². The van der Waals surface area contributed by atoms with Gasteiger partial charge >= 0.3 is 6.03 Å². The first-order chi connectivity index (χ1) is 18.3. The molecule has 1 aliphatic heterocycles. The van der Waals surface area contributed by atoms with E-state index >= 15 is 0 Å². The Labute approximate surface area is 220 Å². The predicted octanol–water partition coefficient (Wildman–Crippen LogP) is 2.78. The molecule has 38 heavy (non-hydrogen) atoms. The van der Waals surface area contributed by atoms with Crippen LogP contribution in [0.25, 0.3) is 0 Å². The molecule has 2 aromatic carbocycles. The number of carbonyl (C=O) groups is 2. The van der Waals surface area contributed by atoms with E-state index < -0.39 is 17.7 Å². The van der Waals surface area contributed by atoms with E-state index in [1.165, 1.54) is 6.07 Å². The third-order valence-corrected chi connectivity index (χ3v) is 7.62. The maximum atomic E-state index is 13.6. The molecule has 0 aromatic heterocycles. The summed E-state index contributed by atoms with van der Waals surface area (Å²) in [5.41, 5.74) is 0.856. The number of halogens is 2. The van der Waals surface area contributed by atoms with Crippen LogP contribution in [0.4, 0.5) is 19.3 Å². The number of hydrogen-bond acceptors (Lipinski definition) is 6. The normalized spacial score (nSPS) is 22.5. The molecule has 1 saturated heterocycles. The minimum absolute atomic E-state index is 0.0641. The van der Waals surface area contributed by atoms with Gasteiger partial charge in [-0.1, -0.05) is 6.07 Å². The summed E-state index contributed by atoms with van der Waals surface area (Å²) in [6.45, 7) is 0.922. The molecule has 2 aromatic rings. The number of benzene rings is 2. The highest BCUT2D eigenvalue weighted by Gasteiger charge is 2.53. The van der Waals surface area contributed by atoms with E-state index in [1.807, 2.05) is 23.1 Å². The molecule has 9 nitrogen and oxygen atoms in total. The molecule has 1 heterocycles. The number of rotatable bonds is 9. The van der Waals surface area contributed by atoms with Gasteiger partial charge in [0.1, 0.15) is 0 Å². The number of amides is 3. The zero-order valence-corrected chi connectivity index (χ0v) is 21.6. The van der Waals surface area contributed by atoms with Gasteiger partial charge in [0.15, 0.2) is 23.1 Å². The number of nitrogens with one attached hydrogen (secondary N) is 3. The average molecular weight is 533 g/mol. The molecule has 3 atom stereocenters. The number of anilines is 1. The van der Waals surface area contributed by atoms with Crippen LogP contribution in [0, 0.1) is 11.6 Å². The van der Waals surface area contributed by atoms with Crippen LogP contribution in [-0.4, -0.2) is 74.5 Å². The van der Waals surface area contributed by atoms with E-state index in [0.29, 0.717) is 37.4 Å². The Balaban J connectivity index is 1.54. The second-order valence-corrected chi connectivity index (χ2v) is 9.68. The summed E-state index contributed by atoms with van der Waals surface area (Å²) in [7, 11) is 3.16. The average Bonchev–Trinajstić information content (AvgIpc) is 3.30. The molecule has 2 fully saturated rings. The van der Waals surface area contributed by atoms with Gasteiger partial charge in [-0.25, -0.2) is 13.6 Å². The Morgan fingerprint density at radius 1 is 1.08 bits per heavy atom. The van der Waals surface area contributed by atoms with Gasteiger partial charge in [0.25, 0.3) is 0 Å². The minimum Gasteiger partial charge on any atom is -0.493 e. The maximum absolute atomic E-state index is 13.6. The number of carbonyl (C=O) groups excluding carboxylic acids is 2. The lowest BCUT2D eigenvalue weighted by Crippen LogP contribution is -2.55. The number of nitrogens with zero attached hydrogens (tertiary/aromatic N) is 1. The zero-order valence-electron chi connectivity index (χ0n) is 21.6. The first-order valence-corrected chi connectivity index (χ1v) is 12.7. The largest absolute Gasteiger partial charge is 0.493 e. The van der Waals surface area contributed by atoms with Crippen molar-refractivity contribution in [1.29, 1.82) is 0 Å². The van der Waals surface area contributed by atoms with Crippen LogP contribution in [0.3, 0.4) is 0 Å². The van der Waals surface area contributed by atoms with E-state index in [2.05, 4.69) is 16.0 Å². The molecule has 206 valence electrons. The molecule has 1 saturated carbocycles.